The standard InChI is InChI=1S/C19H19N5O2S/c1-12-4-3-5-14(10-12)22-18-16(17(20)25)11-21-19(24-18)23-13-6-8-15(9-7-13)27(2)26/h3-11H,1-2H3,(H2,20,25)(H2,21,22,23,24). The minimum atomic E-state index is -1.04. The van der Waals surface area contributed by atoms with E-state index in [4.69, 9.17) is 5.73 Å². The van der Waals surface area contributed by atoms with Crippen LogP contribution in [0.25, 0.3) is 0 Å². The van der Waals surface area contributed by atoms with E-state index in [9.17, 15) is 9.35 Å². The van der Waals surface area contributed by atoms with E-state index in [1.165, 1.54) is 6.20 Å². The fourth-order valence-electron chi connectivity index (χ4n) is 2.44. The average molecular weight is 381 g/mol. The van der Waals surface area contributed by atoms with Crippen LogP contribution < -0.4 is 16.4 Å². The number of primary amides is 1. The zero-order chi connectivity index (χ0) is 19.4. The van der Waals surface area contributed by atoms with E-state index in [1.54, 1.807) is 30.5 Å². The number of aromatic nitrogens is 2. The van der Waals surface area contributed by atoms with Gasteiger partial charge in [-0.05, 0) is 60.1 Å². The van der Waals surface area contributed by atoms with Crippen LogP contribution in [-0.4, -0.2) is 26.7 Å². The molecule has 4 N–H and O–H groups in total. The van der Waals surface area contributed by atoms with Gasteiger partial charge < -0.3 is 20.9 Å². The van der Waals surface area contributed by atoms with Crippen molar-refractivity contribution in [2.24, 2.45) is 5.73 Å². The van der Waals surface area contributed by atoms with Crippen molar-refractivity contribution in [3.63, 3.8) is 0 Å². The fraction of sp³-hybridized carbons (Fsp3) is 0.105. The number of nitrogens with two attached hydrogens (primary N) is 1. The summed E-state index contributed by atoms with van der Waals surface area (Å²) < 4.78 is 11.5. The van der Waals surface area contributed by atoms with Crippen molar-refractivity contribution in [1.82, 2.24) is 9.97 Å². The third-order valence-corrected chi connectivity index (χ3v) is 4.71. The van der Waals surface area contributed by atoms with Gasteiger partial charge in [0.25, 0.3) is 5.91 Å². The molecule has 27 heavy (non-hydrogen) atoms. The lowest BCUT2D eigenvalue weighted by Crippen LogP contribution is -2.15. The van der Waals surface area contributed by atoms with Gasteiger partial charge in [0.2, 0.25) is 5.95 Å². The molecule has 0 saturated carbocycles. The molecule has 3 rings (SSSR count). The summed E-state index contributed by atoms with van der Waals surface area (Å²) in [4.78, 5) is 21.0. The van der Waals surface area contributed by atoms with Crippen LogP contribution in [0.4, 0.5) is 23.1 Å². The molecule has 0 aliphatic heterocycles. The first kappa shape index (κ1) is 18.7. The van der Waals surface area contributed by atoms with E-state index >= 15 is 0 Å². The molecular formula is C19H19N5O2S. The molecule has 1 heterocycles. The number of aryl methyl sites for hydroxylation is 1. The summed E-state index contributed by atoms with van der Waals surface area (Å²) in [5.41, 5.74) is 8.22. The van der Waals surface area contributed by atoms with Gasteiger partial charge in [0.05, 0.1) is 0 Å². The Balaban J connectivity index is 1.87. The molecule has 7 nitrogen and oxygen atoms in total. The number of carbonyl (C=O) groups is 1. The summed E-state index contributed by atoms with van der Waals surface area (Å²) in [6.07, 6.45) is 3.00. The van der Waals surface area contributed by atoms with Crippen LogP contribution in [0.1, 0.15) is 15.9 Å². The summed E-state index contributed by atoms with van der Waals surface area (Å²) >= 11 is -1.04. The van der Waals surface area contributed by atoms with Crippen molar-refractivity contribution in [1.29, 1.82) is 0 Å². The van der Waals surface area contributed by atoms with Crippen LogP contribution >= 0.6 is 0 Å². The van der Waals surface area contributed by atoms with Gasteiger partial charge in [-0.25, -0.2) is 4.98 Å². The Hall–Kier alpha value is -3.10. The molecule has 138 valence electrons. The molecule has 0 saturated heterocycles. The second-order valence-corrected chi connectivity index (χ2v) is 7.30. The highest BCUT2D eigenvalue weighted by Crippen LogP contribution is 2.22. The van der Waals surface area contributed by atoms with Crippen LogP contribution in [0, 0.1) is 6.92 Å². The number of carbonyl (C=O) groups excluding carboxylic acids is 1. The molecule has 1 aromatic heterocycles. The maximum Gasteiger partial charge on any atom is 0.254 e. The third kappa shape index (κ3) is 4.75. The Morgan fingerprint density at radius 3 is 2.48 bits per heavy atom. The van der Waals surface area contributed by atoms with Gasteiger partial charge in [-0.15, -0.1) is 0 Å². The normalized spacial score (nSPS) is 11.7. The monoisotopic (exact) mass is 381 g/mol. The highest BCUT2D eigenvalue weighted by molar-refractivity contribution is 7.90. The van der Waals surface area contributed by atoms with E-state index in [0.29, 0.717) is 11.8 Å². The SMILES string of the molecule is Cc1cccc(Nc2nc(Nc3ccc([S+](C)[O-])cc3)ncc2C(N)=O)c1. The summed E-state index contributed by atoms with van der Waals surface area (Å²) in [6.45, 7) is 1.97. The molecule has 1 unspecified atom stereocenters. The molecule has 0 fully saturated rings. The van der Waals surface area contributed by atoms with E-state index in [1.807, 2.05) is 31.2 Å². The predicted molar refractivity (Wildman–Crippen MR) is 107 cm³/mol. The van der Waals surface area contributed by atoms with Crippen molar-refractivity contribution < 1.29 is 9.35 Å². The molecule has 2 aromatic carbocycles. The Bertz CT molecular complexity index is 961. The summed E-state index contributed by atoms with van der Waals surface area (Å²) in [6, 6.07) is 14.8. The number of hydrogen-bond acceptors (Lipinski definition) is 6. The van der Waals surface area contributed by atoms with Crippen LogP contribution in [0.3, 0.4) is 0 Å². The molecule has 0 radical (unpaired) electrons. The lowest BCUT2D eigenvalue weighted by molar-refractivity contribution is 0.100. The molecule has 8 heteroatoms. The van der Waals surface area contributed by atoms with Gasteiger partial charge >= 0.3 is 0 Å². The first-order valence-corrected chi connectivity index (χ1v) is 9.69. The summed E-state index contributed by atoms with van der Waals surface area (Å²) in [5.74, 6) is 0.00360. The van der Waals surface area contributed by atoms with Crippen molar-refractivity contribution >= 4 is 40.2 Å². The van der Waals surface area contributed by atoms with Gasteiger partial charge in [0, 0.05) is 17.6 Å². The smallest absolute Gasteiger partial charge is 0.254 e. The first-order valence-electron chi connectivity index (χ1n) is 8.13. The number of benzene rings is 2. The quantitative estimate of drug-likeness (QED) is 0.565. The zero-order valence-electron chi connectivity index (χ0n) is 14.9. The third-order valence-electron chi connectivity index (χ3n) is 3.78. The Morgan fingerprint density at radius 2 is 1.85 bits per heavy atom. The minimum absolute atomic E-state index is 0.193. The van der Waals surface area contributed by atoms with Gasteiger partial charge in [0.1, 0.15) is 17.6 Å². The second kappa shape index (κ2) is 8.07. The van der Waals surface area contributed by atoms with E-state index < -0.39 is 17.1 Å². The number of amides is 1. The lowest BCUT2D eigenvalue weighted by Gasteiger charge is -2.12. The highest BCUT2D eigenvalue weighted by Gasteiger charge is 2.13. The van der Waals surface area contributed by atoms with Gasteiger partial charge in [-0.2, -0.15) is 4.98 Å². The molecule has 1 atom stereocenters. The van der Waals surface area contributed by atoms with Crippen molar-refractivity contribution in [2.45, 2.75) is 11.8 Å². The van der Waals surface area contributed by atoms with Crippen LogP contribution in [0.5, 0.6) is 0 Å². The van der Waals surface area contributed by atoms with Crippen LogP contribution in [0.15, 0.2) is 59.6 Å². The average Bonchev–Trinajstić information content (AvgIpc) is 2.62. The Kier molecular flexibility index (Phi) is 5.58. The molecule has 3 aromatic rings. The summed E-state index contributed by atoms with van der Waals surface area (Å²) in [5, 5.41) is 6.17. The Labute approximate surface area is 160 Å². The van der Waals surface area contributed by atoms with Gasteiger partial charge in [-0.3, -0.25) is 4.79 Å². The minimum Gasteiger partial charge on any atom is -0.612 e. The van der Waals surface area contributed by atoms with Crippen LogP contribution in [-0.2, 0) is 11.2 Å². The molecular weight excluding hydrogens is 362 g/mol. The van der Waals surface area contributed by atoms with E-state index in [0.717, 1.165) is 21.8 Å². The number of nitrogens with one attached hydrogen (secondary N) is 2. The number of nitrogens with zero attached hydrogens (tertiary/aromatic N) is 2. The second-order valence-electron chi connectivity index (χ2n) is 5.92. The van der Waals surface area contributed by atoms with Gasteiger partial charge in [0.15, 0.2) is 4.90 Å². The number of rotatable bonds is 6. The van der Waals surface area contributed by atoms with E-state index in [2.05, 4.69) is 20.6 Å². The number of anilines is 4. The Morgan fingerprint density at radius 1 is 1.11 bits per heavy atom. The molecule has 0 aliphatic carbocycles. The molecule has 1 amide bonds. The maximum atomic E-state index is 11.7. The maximum absolute atomic E-state index is 11.7. The topological polar surface area (TPSA) is 116 Å². The molecule has 0 bridgehead atoms. The van der Waals surface area contributed by atoms with Gasteiger partial charge in [-0.1, -0.05) is 12.1 Å². The van der Waals surface area contributed by atoms with Crippen molar-refractivity contribution in [3.8, 4) is 0 Å². The number of hydrogen-bond donors (Lipinski definition) is 3. The zero-order valence-corrected chi connectivity index (χ0v) is 15.7. The van der Waals surface area contributed by atoms with Crippen LogP contribution in [0.2, 0.25) is 0 Å². The summed E-state index contributed by atoms with van der Waals surface area (Å²) in [7, 11) is 0. The molecule has 0 aliphatic rings. The van der Waals surface area contributed by atoms with Crippen molar-refractivity contribution in [3.05, 3.63) is 65.9 Å². The molecule has 0 spiro atoms. The van der Waals surface area contributed by atoms with E-state index in [-0.39, 0.29) is 5.56 Å². The fourth-order valence-corrected chi connectivity index (χ4v) is 2.96. The largest absolute Gasteiger partial charge is 0.612 e. The lowest BCUT2D eigenvalue weighted by atomic mass is 10.2. The predicted octanol–water partition coefficient (Wildman–Crippen LogP) is 3.11. The first-order chi connectivity index (χ1) is 12.9. The highest BCUT2D eigenvalue weighted by atomic mass is 32.2. The van der Waals surface area contributed by atoms with Crippen molar-refractivity contribution in [2.75, 3.05) is 16.9 Å².